The number of carbonyl (C=O) groups excluding carboxylic acids is 6. The van der Waals surface area contributed by atoms with Crippen LogP contribution in [0.5, 0.6) is 0 Å². The molecule has 7 rings (SSSR count). The zero-order valence-electron chi connectivity index (χ0n) is 40.6. The van der Waals surface area contributed by atoms with E-state index in [1.54, 1.807) is 6.92 Å². The molecule has 3 aromatic heterocycles. The zero-order chi connectivity index (χ0) is 49.0. The maximum atomic E-state index is 14.5. The molecule has 7 N–H and O–H groups in total. The quantitative estimate of drug-likeness (QED) is 0.0146. The Morgan fingerprint density at radius 3 is 2.28 bits per heavy atom. The van der Waals surface area contributed by atoms with Gasteiger partial charge in [-0.1, -0.05) is 52.9 Å². The molecule has 16 nitrogen and oxygen atoms in total. The fourth-order valence-electron chi connectivity index (χ4n) is 11.3. The van der Waals surface area contributed by atoms with Crippen LogP contribution in [0, 0.1) is 19.8 Å². The van der Waals surface area contributed by atoms with Crippen LogP contribution >= 0.6 is 0 Å². The van der Waals surface area contributed by atoms with Gasteiger partial charge in [0, 0.05) is 87.9 Å². The van der Waals surface area contributed by atoms with Gasteiger partial charge in [0.1, 0.15) is 12.0 Å². The number of nitrogens with two attached hydrogens (primary N) is 2. The third-order valence-corrected chi connectivity index (χ3v) is 15.0. The molecule has 7 atom stereocenters. The van der Waals surface area contributed by atoms with Gasteiger partial charge in [-0.15, -0.1) is 0 Å². The fourth-order valence-corrected chi connectivity index (χ4v) is 11.3. The molecule has 0 aromatic carbocycles. The highest BCUT2D eigenvalue weighted by molar-refractivity contribution is 6.23. The van der Waals surface area contributed by atoms with Crippen LogP contribution in [-0.4, -0.2) is 87.4 Å². The smallest absolute Gasteiger partial charge is 0.321 e. The molecule has 0 spiro atoms. The van der Waals surface area contributed by atoms with Crippen molar-refractivity contribution >= 4 is 63.7 Å². The van der Waals surface area contributed by atoms with Crippen molar-refractivity contribution in [2.24, 2.45) is 22.4 Å². The highest BCUT2D eigenvalue weighted by Crippen LogP contribution is 2.48. The van der Waals surface area contributed by atoms with Crippen LogP contribution in [-0.2, 0) is 28.7 Å². The number of ketones is 3. The predicted molar refractivity (Wildman–Crippen MR) is 260 cm³/mol. The van der Waals surface area contributed by atoms with Gasteiger partial charge in [-0.2, -0.15) is 0 Å². The first-order valence-corrected chi connectivity index (χ1v) is 24.4. The predicted octanol–water partition coefficient (Wildman–Crippen LogP) is 7.95. The number of carbonyl (C=O) groups is 6. The average Bonchev–Trinajstić information content (AvgIpc) is 4.05. The van der Waals surface area contributed by atoms with Crippen molar-refractivity contribution in [3.05, 3.63) is 68.8 Å². The van der Waals surface area contributed by atoms with Crippen molar-refractivity contribution in [3.63, 3.8) is 0 Å². The van der Waals surface area contributed by atoms with E-state index in [-0.39, 0.29) is 60.4 Å². The van der Waals surface area contributed by atoms with E-state index in [1.165, 1.54) is 13.5 Å². The summed E-state index contributed by atoms with van der Waals surface area (Å²) in [6, 6.07) is 5.00. The normalized spacial score (nSPS) is 20.9. The number of H-pyrrole nitrogens is 2. The number of amides is 1. The third kappa shape index (κ3) is 10.3. The zero-order valence-corrected chi connectivity index (χ0v) is 40.6. The number of hydrogen-bond donors (Lipinski definition) is 5. The van der Waals surface area contributed by atoms with Crippen molar-refractivity contribution in [2.75, 3.05) is 13.7 Å². The van der Waals surface area contributed by atoms with Gasteiger partial charge in [0.25, 0.3) is 6.47 Å². The van der Waals surface area contributed by atoms with Gasteiger partial charge < -0.3 is 36.2 Å². The Morgan fingerprint density at radius 2 is 1.60 bits per heavy atom. The van der Waals surface area contributed by atoms with E-state index in [2.05, 4.69) is 34.1 Å². The number of hydrogen-bond acceptors (Lipinski definition) is 11. The van der Waals surface area contributed by atoms with Crippen LogP contribution < -0.4 is 16.8 Å². The van der Waals surface area contributed by atoms with Gasteiger partial charge in [0.05, 0.1) is 29.9 Å². The Morgan fingerprint density at radius 1 is 0.926 bits per heavy atom. The SMILES string of the molecule is CC[C@H]1c2cc3[nH]c4c(c3C)C(=O)C(C(=O)OC)c4c3nc(cc4[nH]c(cc(n2)[C@@H]1C)c(C(C)=O)c4C)[C@@H](C)[C@@H]3CCC(=O)N[C@@H](CCCCN=C(N)N)C(=O)C[C@@H](CC1CCCCC1)OC=O. The van der Waals surface area contributed by atoms with E-state index in [1.807, 2.05) is 39.0 Å². The molecule has 1 unspecified atom stereocenters. The lowest BCUT2D eigenvalue weighted by atomic mass is 9.83. The number of aromatic nitrogens is 4. The first kappa shape index (κ1) is 49.7. The summed E-state index contributed by atoms with van der Waals surface area (Å²) in [5, 5.41) is 3.02. The Bertz CT molecular complexity index is 2660. The lowest BCUT2D eigenvalue weighted by Gasteiger charge is -2.26. The van der Waals surface area contributed by atoms with Crippen LogP contribution in [0.3, 0.4) is 0 Å². The lowest BCUT2D eigenvalue weighted by Crippen LogP contribution is -2.42. The summed E-state index contributed by atoms with van der Waals surface area (Å²) in [6.07, 6.45) is 7.91. The molecule has 2 aliphatic heterocycles. The van der Waals surface area contributed by atoms with Gasteiger partial charge in [0.2, 0.25) is 5.91 Å². The van der Waals surface area contributed by atoms with Crippen LogP contribution in [0.25, 0.3) is 22.1 Å². The summed E-state index contributed by atoms with van der Waals surface area (Å²) >= 11 is 0. The van der Waals surface area contributed by atoms with E-state index in [9.17, 15) is 28.8 Å². The molecule has 364 valence electrons. The number of methoxy groups -OCH3 is 1. The molecular weight excluding hydrogens is 865 g/mol. The molecule has 0 radical (unpaired) electrons. The molecule has 1 saturated carbocycles. The maximum absolute atomic E-state index is 14.5. The van der Waals surface area contributed by atoms with Gasteiger partial charge in [-0.05, 0) is 94.5 Å². The highest BCUT2D eigenvalue weighted by atomic mass is 16.5. The Kier molecular flexibility index (Phi) is 15.6. The number of aryl methyl sites for hydroxylation is 2. The molecule has 1 fully saturated rings. The molecule has 8 bridgehead atoms. The summed E-state index contributed by atoms with van der Waals surface area (Å²) in [6.45, 7) is 12.3. The first-order chi connectivity index (χ1) is 32.6. The molecular formula is C52H68N8O8. The minimum atomic E-state index is -1.30. The number of fused-ring (bicyclic) bond motifs is 8. The Labute approximate surface area is 397 Å². The number of nitrogens with one attached hydrogen (secondary N) is 3. The van der Waals surface area contributed by atoms with Crippen molar-refractivity contribution in [2.45, 2.75) is 167 Å². The second-order valence-electron chi connectivity index (χ2n) is 19.4. The van der Waals surface area contributed by atoms with E-state index in [4.69, 9.17) is 30.9 Å². The molecule has 5 heterocycles. The van der Waals surface area contributed by atoms with Crippen LogP contribution in [0.1, 0.15) is 201 Å². The number of esters is 1. The van der Waals surface area contributed by atoms with Crippen molar-refractivity contribution in [1.29, 1.82) is 0 Å². The van der Waals surface area contributed by atoms with Crippen molar-refractivity contribution < 1.29 is 38.2 Å². The maximum Gasteiger partial charge on any atom is 0.321 e. The number of rotatable bonds is 19. The van der Waals surface area contributed by atoms with Crippen LogP contribution in [0.15, 0.2) is 23.2 Å². The van der Waals surface area contributed by atoms with E-state index < -0.39 is 35.7 Å². The van der Waals surface area contributed by atoms with Crippen molar-refractivity contribution in [1.82, 2.24) is 25.3 Å². The number of guanidine groups is 1. The molecule has 1 amide bonds. The summed E-state index contributed by atoms with van der Waals surface area (Å²) < 4.78 is 10.7. The topological polar surface area (TPSA) is 255 Å². The average molecular weight is 933 g/mol. The number of aliphatic imine (C=N–C) groups is 1. The van der Waals surface area contributed by atoms with E-state index in [0.717, 1.165) is 49.1 Å². The Hall–Kier alpha value is -6.19. The molecule has 68 heavy (non-hydrogen) atoms. The van der Waals surface area contributed by atoms with Crippen LogP contribution in [0.4, 0.5) is 0 Å². The second-order valence-corrected chi connectivity index (χ2v) is 19.4. The van der Waals surface area contributed by atoms with Gasteiger partial charge in [-0.25, -0.2) is 0 Å². The Balaban J connectivity index is 1.29. The minimum absolute atomic E-state index is 0.0146. The van der Waals surface area contributed by atoms with Gasteiger partial charge >= 0.3 is 5.97 Å². The second kappa shape index (κ2) is 21.4. The van der Waals surface area contributed by atoms with Gasteiger partial charge in [-0.3, -0.25) is 43.7 Å². The first-order valence-electron chi connectivity index (χ1n) is 24.4. The minimum Gasteiger partial charge on any atom is -0.468 e. The molecule has 16 heteroatoms. The molecule has 2 aliphatic carbocycles. The number of aromatic amines is 2. The number of Topliss-reactive ketones (excluding diaryl/α,β-unsaturated/α-hetero) is 3. The highest BCUT2D eigenvalue weighted by Gasteiger charge is 2.45. The summed E-state index contributed by atoms with van der Waals surface area (Å²) in [4.78, 5) is 103. The standard InChI is InChI=1S/C52H68N8O8/c1-8-33-26(2)36-24-41-44(30(6)62)28(4)38(57-41)22-37-27(3)34(48(59-37)46-47(51(66)67-7)50(65)45-29(5)39(60-49(45)46)23-40(33)56-36)17-18-43(64)58-35(16-12-13-19-55-52(53)54)42(63)21-32(68-25-61)20-31-14-10-9-11-15-31/h22-27,31-35,47,57,60H,8-21H2,1-7H3,(H,58,64)(H4,53,54,55)/t26-,27+,32-,33-,34+,35+,47?/m1/s1. The van der Waals surface area contributed by atoms with Crippen molar-refractivity contribution in [3.8, 4) is 0 Å². The largest absolute Gasteiger partial charge is 0.468 e. The fraction of sp³-hybridized carbons (Fsp3) is 0.558. The number of nitrogens with zero attached hydrogens (tertiary/aromatic N) is 3. The summed E-state index contributed by atoms with van der Waals surface area (Å²) in [5.74, 6) is -3.44. The summed E-state index contributed by atoms with van der Waals surface area (Å²) in [7, 11) is 1.26. The van der Waals surface area contributed by atoms with Crippen LogP contribution in [0.2, 0.25) is 0 Å². The molecule has 4 aliphatic rings. The summed E-state index contributed by atoms with van der Waals surface area (Å²) in [5.41, 5.74) is 19.2. The molecule has 0 saturated heterocycles. The number of unbranched alkanes of at least 4 members (excludes halogenated alkanes) is 1. The molecule has 3 aromatic rings. The number of ether oxygens (including phenoxy) is 2. The monoisotopic (exact) mass is 933 g/mol. The van der Waals surface area contributed by atoms with Gasteiger partial charge in [0.15, 0.2) is 23.3 Å². The van der Waals surface area contributed by atoms with E-state index >= 15 is 0 Å². The van der Waals surface area contributed by atoms with E-state index in [0.29, 0.717) is 100 Å². The lowest BCUT2D eigenvalue weighted by molar-refractivity contribution is -0.141. The third-order valence-electron chi connectivity index (χ3n) is 15.0.